The van der Waals surface area contributed by atoms with E-state index in [1.807, 2.05) is 0 Å². The van der Waals surface area contributed by atoms with Crippen LogP contribution < -0.4 is 9.47 Å². The summed E-state index contributed by atoms with van der Waals surface area (Å²) in [5.74, 6) is 2.93. The van der Waals surface area contributed by atoms with Crippen molar-refractivity contribution in [1.82, 2.24) is 4.90 Å². The lowest BCUT2D eigenvalue weighted by Gasteiger charge is -2.37. The van der Waals surface area contributed by atoms with E-state index in [0.29, 0.717) is 11.8 Å². The molecule has 1 atom stereocenters. The van der Waals surface area contributed by atoms with Crippen LogP contribution in [0.15, 0.2) is 66.7 Å². The summed E-state index contributed by atoms with van der Waals surface area (Å²) in [4.78, 5) is 2.64. The summed E-state index contributed by atoms with van der Waals surface area (Å²) in [5.41, 5.74) is 6.92. The van der Waals surface area contributed by atoms with E-state index in [2.05, 4.69) is 83.8 Å². The summed E-state index contributed by atoms with van der Waals surface area (Å²) in [6.07, 6.45) is 8.09. The Bertz CT molecular complexity index is 1110. The Morgan fingerprint density at radius 3 is 2.18 bits per heavy atom. The van der Waals surface area contributed by atoms with Crippen molar-refractivity contribution in [3.63, 3.8) is 0 Å². The molecule has 0 aromatic heterocycles. The van der Waals surface area contributed by atoms with Gasteiger partial charge in [0, 0.05) is 12.5 Å². The first-order valence-electron chi connectivity index (χ1n) is 12.1. The Labute approximate surface area is 197 Å². The van der Waals surface area contributed by atoms with E-state index < -0.39 is 0 Å². The Hall–Kier alpha value is -3.04. The summed E-state index contributed by atoms with van der Waals surface area (Å²) in [6.45, 7) is 3.45. The third kappa shape index (κ3) is 4.69. The summed E-state index contributed by atoms with van der Waals surface area (Å²) in [5, 5.41) is 0. The predicted molar refractivity (Wildman–Crippen MR) is 136 cm³/mol. The van der Waals surface area contributed by atoms with Gasteiger partial charge in [0.2, 0.25) is 0 Å². The summed E-state index contributed by atoms with van der Waals surface area (Å²) in [7, 11) is 3.47. The second kappa shape index (κ2) is 9.84. The van der Waals surface area contributed by atoms with Crippen LogP contribution in [0.25, 0.3) is 12.2 Å². The molecule has 1 aliphatic heterocycles. The highest BCUT2D eigenvalue weighted by Crippen LogP contribution is 2.43. The molecule has 1 heterocycles. The zero-order valence-electron chi connectivity index (χ0n) is 19.7. The Morgan fingerprint density at radius 1 is 0.758 bits per heavy atom. The molecule has 1 unspecified atom stereocenters. The van der Waals surface area contributed by atoms with Crippen molar-refractivity contribution in [1.29, 1.82) is 0 Å². The van der Waals surface area contributed by atoms with E-state index in [0.717, 1.165) is 24.5 Å². The summed E-state index contributed by atoms with van der Waals surface area (Å²) in [6, 6.07) is 24.0. The number of fused-ring (bicyclic) bond motifs is 2. The van der Waals surface area contributed by atoms with Crippen LogP contribution in [0.5, 0.6) is 11.5 Å². The average Bonchev–Trinajstić information content (AvgIpc) is 3.04. The lowest BCUT2D eigenvalue weighted by atomic mass is 9.74. The molecule has 0 saturated carbocycles. The lowest BCUT2D eigenvalue weighted by molar-refractivity contribution is 0.177. The minimum absolute atomic E-state index is 0.431. The van der Waals surface area contributed by atoms with Crippen LogP contribution in [0.3, 0.4) is 0 Å². The number of hydrogen-bond acceptors (Lipinski definition) is 3. The second-order valence-corrected chi connectivity index (χ2v) is 9.21. The minimum atomic E-state index is 0.431. The molecule has 3 aromatic rings. The number of ether oxygens (including phenoxy) is 2. The minimum Gasteiger partial charge on any atom is -0.497 e. The Morgan fingerprint density at radius 2 is 1.42 bits per heavy atom. The van der Waals surface area contributed by atoms with Gasteiger partial charge in [-0.1, -0.05) is 54.6 Å². The van der Waals surface area contributed by atoms with Gasteiger partial charge in [0.25, 0.3) is 0 Å². The molecule has 1 fully saturated rings. The molecular weight excluding hydrogens is 406 g/mol. The maximum Gasteiger partial charge on any atom is 0.119 e. The molecule has 170 valence electrons. The van der Waals surface area contributed by atoms with Crippen LogP contribution in [0, 0.1) is 5.92 Å². The zero-order chi connectivity index (χ0) is 22.6. The predicted octanol–water partition coefficient (Wildman–Crippen LogP) is 6.27. The van der Waals surface area contributed by atoms with Crippen molar-refractivity contribution < 1.29 is 9.47 Å². The maximum atomic E-state index is 5.52. The van der Waals surface area contributed by atoms with Crippen molar-refractivity contribution >= 4 is 12.2 Å². The Kier molecular flexibility index (Phi) is 6.50. The number of nitrogens with zero attached hydrogens (tertiary/aromatic N) is 1. The normalized spacial score (nSPS) is 18.3. The van der Waals surface area contributed by atoms with Crippen molar-refractivity contribution in [2.45, 2.75) is 25.2 Å². The second-order valence-electron chi connectivity index (χ2n) is 9.21. The smallest absolute Gasteiger partial charge is 0.119 e. The molecule has 1 saturated heterocycles. The van der Waals surface area contributed by atoms with Crippen LogP contribution in [-0.4, -0.2) is 38.8 Å². The van der Waals surface area contributed by atoms with Crippen LogP contribution in [-0.2, 0) is 6.42 Å². The lowest BCUT2D eigenvalue weighted by Crippen LogP contribution is -2.37. The fourth-order valence-electron chi connectivity index (χ4n) is 5.50. The Balaban J connectivity index is 1.31. The molecule has 3 nitrogen and oxygen atoms in total. The van der Waals surface area contributed by atoms with Gasteiger partial charge in [-0.15, -0.1) is 0 Å². The molecule has 3 aromatic carbocycles. The molecule has 5 rings (SSSR count). The molecule has 0 amide bonds. The largest absolute Gasteiger partial charge is 0.497 e. The van der Waals surface area contributed by atoms with Gasteiger partial charge < -0.3 is 14.4 Å². The standard InChI is InChI=1S/C30H33NO2/c1-32-26-11-7-22(8-12-26)15-18-31-19-16-24(17-20-31)30-28-6-4-3-5-23(28)9-10-25-21-27(33-2)13-14-29(25)30/h3-14,21,24,30H,15-20H2,1-2H3. The SMILES string of the molecule is COc1ccc(CCN2CCC(C3c4ccccc4C=Cc4cc(OC)ccc43)CC2)cc1. The highest BCUT2D eigenvalue weighted by atomic mass is 16.5. The summed E-state index contributed by atoms with van der Waals surface area (Å²) >= 11 is 0. The van der Waals surface area contributed by atoms with Gasteiger partial charge in [-0.3, -0.25) is 0 Å². The highest BCUT2D eigenvalue weighted by Gasteiger charge is 2.32. The maximum absolute atomic E-state index is 5.52. The molecule has 0 bridgehead atoms. The van der Waals surface area contributed by atoms with E-state index in [4.69, 9.17) is 9.47 Å². The van der Waals surface area contributed by atoms with Gasteiger partial charge in [-0.2, -0.15) is 0 Å². The molecule has 33 heavy (non-hydrogen) atoms. The molecule has 0 N–H and O–H groups in total. The first-order valence-corrected chi connectivity index (χ1v) is 12.1. The number of benzene rings is 3. The molecule has 2 aliphatic rings. The average molecular weight is 440 g/mol. The van der Waals surface area contributed by atoms with Gasteiger partial charge in [0.15, 0.2) is 0 Å². The van der Waals surface area contributed by atoms with E-state index in [9.17, 15) is 0 Å². The molecule has 3 heteroatoms. The van der Waals surface area contributed by atoms with E-state index >= 15 is 0 Å². The third-order valence-corrected chi connectivity index (χ3v) is 7.38. The zero-order valence-corrected chi connectivity index (χ0v) is 19.7. The van der Waals surface area contributed by atoms with Gasteiger partial charge in [-0.25, -0.2) is 0 Å². The first-order chi connectivity index (χ1) is 16.2. The summed E-state index contributed by atoms with van der Waals surface area (Å²) < 4.78 is 10.8. The van der Waals surface area contributed by atoms with Crippen LogP contribution in [0.4, 0.5) is 0 Å². The molecule has 0 radical (unpaired) electrons. The van der Waals surface area contributed by atoms with Gasteiger partial charge in [-0.05, 0) is 90.4 Å². The third-order valence-electron chi connectivity index (χ3n) is 7.38. The van der Waals surface area contributed by atoms with Crippen molar-refractivity contribution in [3.8, 4) is 11.5 Å². The van der Waals surface area contributed by atoms with Crippen LogP contribution in [0.1, 0.15) is 46.6 Å². The topological polar surface area (TPSA) is 21.7 Å². The van der Waals surface area contributed by atoms with Crippen molar-refractivity contribution in [2.75, 3.05) is 33.9 Å². The monoisotopic (exact) mass is 439 g/mol. The molecular formula is C30H33NO2. The first kappa shape index (κ1) is 21.8. The van der Waals surface area contributed by atoms with Gasteiger partial charge >= 0.3 is 0 Å². The number of methoxy groups -OCH3 is 2. The van der Waals surface area contributed by atoms with Crippen molar-refractivity contribution in [3.05, 3.63) is 94.5 Å². The van der Waals surface area contributed by atoms with Crippen LogP contribution >= 0.6 is 0 Å². The van der Waals surface area contributed by atoms with E-state index in [1.54, 1.807) is 14.2 Å². The molecule has 0 spiro atoms. The van der Waals surface area contributed by atoms with E-state index in [1.165, 1.54) is 53.7 Å². The van der Waals surface area contributed by atoms with E-state index in [-0.39, 0.29) is 0 Å². The van der Waals surface area contributed by atoms with Crippen molar-refractivity contribution in [2.24, 2.45) is 5.92 Å². The fraction of sp³-hybridized carbons (Fsp3) is 0.333. The van der Waals surface area contributed by atoms with Crippen LogP contribution in [0.2, 0.25) is 0 Å². The number of hydrogen-bond donors (Lipinski definition) is 0. The fourth-order valence-corrected chi connectivity index (χ4v) is 5.50. The highest BCUT2D eigenvalue weighted by molar-refractivity contribution is 5.77. The molecule has 1 aliphatic carbocycles. The number of rotatable bonds is 6. The number of likely N-dealkylation sites (tertiary alicyclic amines) is 1. The van der Waals surface area contributed by atoms with Gasteiger partial charge in [0.1, 0.15) is 11.5 Å². The number of piperidine rings is 1. The quantitative estimate of drug-likeness (QED) is 0.452. The van der Waals surface area contributed by atoms with Gasteiger partial charge in [0.05, 0.1) is 14.2 Å².